The summed E-state index contributed by atoms with van der Waals surface area (Å²) in [4.78, 5) is 11.1. The zero-order valence-corrected chi connectivity index (χ0v) is 18.8. The summed E-state index contributed by atoms with van der Waals surface area (Å²) < 4.78 is 176. The highest BCUT2D eigenvalue weighted by molar-refractivity contribution is 7.92. The first-order chi connectivity index (χ1) is 17.1. The van der Waals surface area contributed by atoms with E-state index in [0.717, 1.165) is 11.4 Å². The minimum absolute atomic E-state index is 0.0136. The van der Waals surface area contributed by atoms with Crippen LogP contribution in [0.5, 0.6) is 5.88 Å². The molecule has 0 unspecified atom stereocenters. The number of carbonyl (C=O) groups is 1. The molecule has 1 amide bonds. The molecule has 0 spiro atoms. The summed E-state index contributed by atoms with van der Waals surface area (Å²) in [5.41, 5.74) is -0.945. The number of alkyl halides is 11. The first-order valence-electron chi connectivity index (χ1n) is 9.17. The van der Waals surface area contributed by atoms with E-state index in [1.165, 1.54) is 13.2 Å². The van der Waals surface area contributed by atoms with Crippen LogP contribution < -0.4 is 14.8 Å². The fourth-order valence-electron chi connectivity index (χ4n) is 2.25. The molecule has 9 nitrogen and oxygen atoms in total. The highest BCUT2D eigenvalue weighted by atomic mass is 32.2. The smallest absolute Gasteiger partial charge is 0.462 e. The van der Waals surface area contributed by atoms with Crippen LogP contribution in [0.2, 0.25) is 0 Å². The summed E-state index contributed by atoms with van der Waals surface area (Å²) in [6, 6.07) is 4.50. The van der Waals surface area contributed by atoms with Gasteiger partial charge in [0.05, 0.1) is 12.0 Å². The molecule has 0 radical (unpaired) electrons. The summed E-state index contributed by atoms with van der Waals surface area (Å²) >= 11 is 0. The molecule has 1 atom stereocenters. The second-order valence-corrected chi connectivity index (χ2v) is 8.51. The van der Waals surface area contributed by atoms with Crippen LogP contribution in [-0.4, -0.2) is 61.9 Å². The molecule has 0 saturated heterocycles. The third-order valence-electron chi connectivity index (χ3n) is 4.16. The molecule has 0 bridgehead atoms. The standard InChI is InChI=1S/C17H11F11N4O5S/c1-36-11-7-6-10(30-31-11)32-38(34,35)9-4-2-8(3-5-9)29-12(33)13(18,15(21,22)23)37-17(27,28)14(19,20)16(24,25)26/h2-7H,1H3,(H,29,33)(H,30,32)/t13-/m1/s1. The number of halogens is 11. The molecule has 0 aliphatic rings. The van der Waals surface area contributed by atoms with Gasteiger partial charge >= 0.3 is 30.2 Å². The molecule has 21 heteroatoms. The van der Waals surface area contributed by atoms with Crippen molar-refractivity contribution in [3.05, 3.63) is 36.4 Å². The number of nitrogens with one attached hydrogen (secondary N) is 2. The van der Waals surface area contributed by atoms with E-state index < -0.39 is 56.8 Å². The maximum Gasteiger partial charge on any atom is 0.462 e. The maximum atomic E-state index is 14.3. The third kappa shape index (κ3) is 6.14. The van der Waals surface area contributed by atoms with Crippen molar-refractivity contribution in [2.45, 2.75) is 35.1 Å². The van der Waals surface area contributed by atoms with Gasteiger partial charge < -0.3 is 10.1 Å². The van der Waals surface area contributed by atoms with E-state index in [0.29, 0.717) is 24.3 Å². The molecule has 38 heavy (non-hydrogen) atoms. The van der Waals surface area contributed by atoms with Crippen LogP contribution in [0.25, 0.3) is 0 Å². The number of nitrogens with zero attached hydrogens (tertiary/aromatic N) is 2. The largest absolute Gasteiger partial charge is 0.480 e. The molecular formula is C17H11F11N4O5S. The van der Waals surface area contributed by atoms with Gasteiger partial charge in [-0.2, -0.15) is 48.3 Å². The van der Waals surface area contributed by atoms with E-state index in [1.54, 1.807) is 0 Å². The topological polar surface area (TPSA) is 120 Å². The van der Waals surface area contributed by atoms with Gasteiger partial charge in [0.1, 0.15) is 0 Å². The van der Waals surface area contributed by atoms with Crippen LogP contribution in [0.1, 0.15) is 0 Å². The van der Waals surface area contributed by atoms with Crippen molar-refractivity contribution in [2.75, 3.05) is 17.1 Å². The predicted octanol–water partition coefficient (Wildman–Crippen LogP) is 4.26. The number of carbonyl (C=O) groups excluding carboxylic acids is 1. The quantitative estimate of drug-likeness (QED) is 0.418. The van der Waals surface area contributed by atoms with Gasteiger partial charge in [-0.3, -0.25) is 14.3 Å². The summed E-state index contributed by atoms with van der Waals surface area (Å²) in [5, 5.41) is 7.90. The zero-order valence-electron chi connectivity index (χ0n) is 18.0. The van der Waals surface area contributed by atoms with Crippen LogP contribution in [0.15, 0.2) is 41.3 Å². The number of anilines is 2. The Morgan fingerprint density at radius 2 is 1.37 bits per heavy atom. The second kappa shape index (κ2) is 10.0. The van der Waals surface area contributed by atoms with E-state index >= 15 is 0 Å². The van der Waals surface area contributed by atoms with Gasteiger partial charge in [0.2, 0.25) is 5.88 Å². The van der Waals surface area contributed by atoms with Crippen molar-refractivity contribution in [2.24, 2.45) is 0 Å². The van der Waals surface area contributed by atoms with Gasteiger partial charge in [0, 0.05) is 11.8 Å². The van der Waals surface area contributed by atoms with E-state index in [-0.39, 0.29) is 11.7 Å². The lowest BCUT2D eigenvalue weighted by Gasteiger charge is -2.34. The summed E-state index contributed by atoms with van der Waals surface area (Å²) in [6.07, 6.45) is -21.3. The third-order valence-corrected chi connectivity index (χ3v) is 5.53. The molecule has 2 rings (SSSR count). The number of rotatable bonds is 9. The van der Waals surface area contributed by atoms with Gasteiger partial charge in [-0.05, 0) is 30.3 Å². The van der Waals surface area contributed by atoms with Gasteiger partial charge in [-0.15, -0.1) is 10.2 Å². The summed E-state index contributed by atoms with van der Waals surface area (Å²) in [6.45, 7) is 0. The minimum atomic E-state index is -7.35. The summed E-state index contributed by atoms with van der Waals surface area (Å²) in [7, 11) is -3.22. The van der Waals surface area contributed by atoms with Gasteiger partial charge in [-0.1, -0.05) is 0 Å². The van der Waals surface area contributed by atoms with Gasteiger partial charge in [0.25, 0.3) is 15.9 Å². The number of benzene rings is 1. The molecule has 0 aliphatic carbocycles. The highest BCUT2D eigenvalue weighted by Gasteiger charge is 2.79. The lowest BCUT2D eigenvalue weighted by atomic mass is 10.2. The molecule has 1 heterocycles. The Morgan fingerprint density at radius 3 is 1.79 bits per heavy atom. The van der Waals surface area contributed by atoms with Crippen molar-refractivity contribution in [1.29, 1.82) is 0 Å². The molecule has 2 aromatic rings. The Bertz CT molecular complexity index is 1250. The number of hydrogen-bond donors (Lipinski definition) is 2. The Balaban J connectivity index is 2.28. The number of sulfonamides is 1. The average molecular weight is 592 g/mol. The van der Waals surface area contributed by atoms with Crippen LogP contribution in [-0.2, 0) is 19.6 Å². The fraction of sp³-hybridized carbons (Fsp3) is 0.353. The molecule has 1 aromatic carbocycles. The van der Waals surface area contributed by atoms with E-state index in [1.807, 2.05) is 4.72 Å². The zero-order chi connectivity index (χ0) is 29.4. The fourth-order valence-corrected chi connectivity index (χ4v) is 3.24. The molecule has 1 aromatic heterocycles. The lowest BCUT2D eigenvalue weighted by molar-refractivity contribution is -0.472. The normalized spacial score (nSPS) is 14.9. The molecule has 0 saturated carbocycles. The van der Waals surface area contributed by atoms with Crippen LogP contribution >= 0.6 is 0 Å². The Morgan fingerprint density at radius 1 is 0.816 bits per heavy atom. The van der Waals surface area contributed by atoms with E-state index in [9.17, 15) is 61.5 Å². The Kier molecular flexibility index (Phi) is 8.09. The maximum absolute atomic E-state index is 14.3. The van der Waals surface area contributed by atoms with E-state index in [2.05, 4.69) is 14.9 Å². The SMILES string of the molecule is COc1ccc(NS(=O)(=O)c2ccc(NC(=O)[C@@](F)(OC(F)(F)C(F)(F)C(F)(F)F)C(F)(F)F)cc2)nn1. The van der Waals surface area contributed by atoms with Crippen molar-refractivity contribution < 1.29 is 71.0 Å². The average Bonchev–Trinajstić information content (AvgIpc) is 2.77. The van der Waals surface area contributed by atoms with Crippen molar-refractivity contribution >= 4 is 27.4 Å². The summed E-state index contributed by atoms with van der Waals surface area (Å²) in [5.74, 6) is -17.4. The Labute approximate surface area is 204 Å². The molecular weight excluding hydrogens is 581 g/mol. The predicted molar refractivity (Wildman–Crippen MR) is 101 cm³/mol. The number of hydrogen-bond acceptors (Lipinski definition) is 7. The monoisotopic (exact) mass is 592 g/mol. The molecule has 0 fully saturated rings. The van der Waals surface area contributed by atoms with E-state index in [4.69, 9.17) is 4.74 Å². The van der Waals surface area contributed by atoms with Crippen LogP contribution in [0.4, 0.5) is 59.8 Å². The lowest BCUT2D eigenvalue weighted by Crippen LogP contribution is -2.62. The first-order valence-corrected chi connectivity index (χ1v) is 10.7. The van der Waals surface area contributed by atoms with Crippen LogP contribution in [0.3, 0.4) is 0 Å². The van der Waals surface area contributed by atoms with Crippen molar-refractivity contribution in [1.82, 2.24) is 10.2 Å². The molecule has 2 N–H and O–H groups in total. The minimum Gasteiger partial charge on any atom is -0.480 e. The number of methoxy groups -OCH3 is 1. The first kappa shape index (κ1) is 30.7. The van der Waals surface area contributed by atoms with Crippen molar-refractivity contribution in [3.63, 3.8) is 0 Å². The highest BCUT2D eigenvalue weighted by Crippen LogP contribution is 2.51. The second-order valence-electron chi connectivity index (χ2n) is 6.83. The van der Waals surface area contributed by atoms with Crippen molar-refractivity contribution in [3.8, 4) is 5.88 Å². The Hall–Kier alpha value is -3.49. The van der Waals surface area contributed by atoms with Gasteiger partial charge in [0.15, 0.2) is 5.82 Å². The number of aromatic nitrogens is 2. The van der Waals surface area contributed by atoms with Gasteiger partial charge in [-0.25, -0.2) is 8.42 Å². The molecule has 0 aliphatic heterocycles. The molecule has 212 valence electrons. The number of amides is 1. The number of ether oxygens (including phenoxy) is 2. The van der Waals surface area contributed by atoms with Crippen LogP contribution in [0, 0.1) is 0 Å².